The van der Waals surface area contributed by atoms with Crippen molar-refractivity contribution in [3.05, 3.63) is 0 Å². The van der Waals surface area contributed by atoms with E-state index in [0.29, 0.717) is 13.2 Å². The fourth-order valence-electron chi connectivity index (χ4n) is 0.897. The average Bonchev–Trinajstić information content (AvgIpc) is 2.01. The lowest BCUT2D eigenvalue weighted by molar-refractivity contribution is -0.132. The van der Waals surface area contributed by atoms with E-state index >= 15 is 0 Å². The molecule has 0 fully saturated rings. The van der Waals surface area contributed by atoms with Crippen molar-refractivity contribution in [3.63, 3.8) is 0 Å². The van der Waals surface area contributed by atoms with Crippen LogP contribution in [0.3, 0.4) is 0 Å². The third-order valence-electron chi connectivity index (χ3n) is 2.52. The molecule has 0 aromatic rings. The number of hydrogen-bond donors (Lipinski definition) is 1. The molecule has 0 amide bonds. The molecule has 0 rings (SSSR count). The van der Waals surface area contributed by atoms with E-state index in [-0.39, 0.29) is 11.4 Å². The fourth-order valence-corrected chi connectivity index (χ4v) is 0.897. The predicted molar refractivity (Wildman–Crippen MR) is 58.2 cm³/mol. The Morgan fingerprint density at radius 3 is 2.14 bits per heavy atom. The maximum Gasteiger partial charge on any atom is 0.137 e. The van der Waals surface area contributed by atoms with Gasteiger partial charge in [0.15, 0.2) is 0 Å². The van der Waals surface area contributed by atoms with Crippen LogP contribution in [-0.4, -0.2) is 24.5 Å². The molecule has 0 aromatic carbocycles. The molecule has 0 radical (unpaired) electrons. The minimum absolute atomic E-state index is 0.154. The van der Waals surface area contributed by atoms with Crippen LogP contribution in [-0.2, 0) is 9.53 Å². The number of ether oxygens (including phenoxy) is 1. The molecular formula is C11H23NO2. The maximum atomic E-state index is 11.2. The van der Waals surface area contributed by atoms with Crippen molar-refractivity contribution in [3.8, 4) is 0 Å². The third kappa shape index (κ3) is 4.72. The minimum Gasteiger partial charge on any atom is -0.375 e. The Labute approximate surface area is 87.0 Å². The van der Waals surface area contributed by atoms with Crippen LogP contribution >= 0.6 is 0 Å². The zero-order valence-corrected chi connectivity index (χ0v) is 10.0. The van der Waals surface area contributed by atoms with Crippen molar-refractivity contribution in [2.24, 2.45) is 11.1 Å². The second kappa shape index (κ2) is 4.89. The van der Waals surface area contributed by atoms with Gasteiger partial charge in [-0.1, -0.05) is 13.8 Å². The van der Waals surface area contributed by atoms with Crippen LogP contribution in [0.1, 0.15) is 41.0 Å². The van der Waals surface area contributed by atoms with Gasteiger partial charge in [0, 0.05) is 5.41 Å². The van der Waals surface area contributed by atoms with Gasteiger partial charge in [-0.15, -0.1) is 0 Å². The molecule has 14 heavy (non-hydrogen) atoms. The molecule has 0 aliphatic heterocycles. The van der Waals surface area contributed by atoms with E-state index in [0.717, 1.165) is 6.42 Å². The zero-order valence-electron chi connectivity index (χ0n) is 10.0. The van der Waals surface area contributed by atoms with E-state index in [4.69, 9.17) is 10.5 Å². The van der Waals surface area contributed by atoms with Crippen molar-refractivity contribution < 1.29 is 9.53 Å². The Kier molecular flexibility index (Phi) is 4.75. The van der Waals surface area contributed by atoms with Crippen LogP contribution in [0.15, 0.2) is 0 Å². The molecule has 0 aliphatic rings. The first-order valence-corrected chi connectivity index (χ1v) is 5.06. The smallest absolute Gasteiger partial charge is 0.137 e. The van der Waals surface area contributed by atoms with Gasteiger partial charge in [-0.2, -0.15) is 0 Å². The number of Topliss-reactive ketones (excluding diaryl/α,β-unsaturated/α-hetero) is 1. The Hall–Kier alpha value is -0.410. The summed E-state index contributed by atoms with van der Waals surface area (Å²) in [5, 5.41) is 0. The van der Waals surface area contributed by atoms with Gasteiger partial charge in [0.2, 0.25) is 0 Å². The van der Waals surface area contributed by atoms with Gasteiger partial charge in [0.25, 0.3) is 0 Å². The molecule has 84 valence electrons. The second-order valence-corrected chi connectivity index (χ2v) is 5.03. The van der Waals surface area contributed by atoms with Crippen molar-refractivity contribution >= 4 is 5.78 Å². The SMILES string of the molecule is CC(=O)C(C)(C)COC(C)(C)CCN. The quantitative estimate of drug-likeness (QED) is 0.712. The van der Waals surface area contributed by atoms with E-state index in [9.17, 15) is 4.79 Å². The van der Waals surface area contributed by atoms with Crippen LogP contribution in [0.5, 0.6) is 0 Å². The van der Waals surface area contributed by atoms with Gasteiger partial charge >= 0.3 is 0 Å². The van der Waals surface area contributed by atoms with E-state index in [2.05, 4.69) is 0 Å². The number of nitrogens with two attached hydrogens (primary N) is 1. The van der Waals surface area contributed by atoms with Gasteiger partial charge in [0.05, 0.1) is 12.2 Å². The summed E-state index contributed by atoms with van der Waals surface area (Å²) in [5.74, 6) is 0.154. The standard InChI is InChI=1S/C11H23NO2/c1-9(13)10(2,3)8-14-11(4,5)6-7-12/h6-8,12H2,1-5H3. The highest BCUT2D eigenvalue weighted by atomic mass is 16.5. The summed E-state index contributed by atoms with van der Waals surface area (Å²) in [6.07, 6.45) is 0.807. The van der Waals surface area contributed by atoms with Gasteiger partial charge in [-0.05, 0) is 33.7 Å². The Morgan fingerprint density at radius 1 is 1.29 bits per heavy atom. The van der Waals surface area contributed by atoms with Crippen LogP contribution < -0.4 is 5.73 Å². The van der Waals surface area contributed by atoms with E-state index in [1.54, 1.807) is 6.92 Å². The first-order valence-electron chi connectivity index (χ1n) is 5.06. The molecule has 0 unspecified atom stereocenters. The normalized spacial score (nSPS) is 13.0. The monoisotopic (exact) mass is 201 g/mol. The molecule has 2 N–H and O–H groups in total. The molecule has 0 aliphatic carbocycles. The highest BCUT2D eigenvalue weighted by molar-refractivity contribution is 5.81. The summed E-state index contributed by atoms with van der Waals surface area (Å²) in [6, 6.07) is 0. The summed E-state index contributed by atoms with van der Waals surface area (Å²) in [7, 11) is 0. The second-order valence-electron chi connectivity index (χ2n) is 5.03. The molecule has 0 saturated heterocycles. The van der Waals surface area contributed by atoms with Crippen molar-refractivity contribution in [2.45, 2.75) is 46.6 Å². The molecule has 0 spiro atoms. The van der Waals surface area contributed by atoms with Crippen LogP contribution in [0.25, 0.3) is 0 Å². The summed E-state index contributed by atoms with van der Waals surface area (Å²) < 4.78 is 5.70. The fraction of sp³-hybridized carbons (Fsp3) is 0.909. The van der Waals surface area contributed by atoms with Gasteiger partial charge in [-0.25, -0.2) is 0 Å². The zero-order chi connectivity index (χ0) is 11.4. The van der Waals surface area contributed by atoms with Gasteiger partial charge in [-0.3, -0.25) is 4.79 Å². The number of hydrogen-bond acceptors (Lipinski definition) is 3. The number of carbonyl (C=O) groups is 1. The summed E-state index contributed by atoms with van der Waals surface area (Å²) in [4.78, 5) is 11.2. The lowest BCUT2D eigenvalue weighted by atomic mass is 9.90. The Morgan fingerprint density at radius 2 is 1.79 bits per heavy atom. The van der Waals surface area contributed by atoms with Crippen molar-refractivity contribution in [1.82, 2.24) is 0 Å². The molecule has 0 heterocycles. The van der Waals surface area contributed by atoms with Crippen LogP contribution in [0.4, 0.5) is 0 Å². The first-order chi connectivity index (χ1) is 6.21. The van der Waals surface area contributed by atoms with Crippen molar-refractivity contribution in [2.75, 3.05) is 13.2 Å². The summed E-state index contributed by atoms with van der Waals surface area (Å²) in [6.45, 7) is 10.4. The molecule has 0 aromatic heterocycles. The largest absolute Gasteiger partial charge is 0.375 e. The number of rotatable bonds is 6. The number of ketones is 1. The first kappa shape index (κ1) is 13.6. The average molecular weight is 201 g/mol. The van der Waals surface area contributed by atoms with Crippen LogP contribution in [0.2, 0.25) is 0 Å². The Bertz CT molecular complexity index is 197. The van der Waals surface area contributed by atoms with E-state index in [1.807, 2.05) is 27.7 Å². The highest BCUT2D eigenvalue weighted by Gasteiger charge is 2.27. The molecule has 3 nitrogen and oxygen atoms in total. The van der Waals surface area contributed by atoms with Gasteiger partial charge in [0.1, 0.15) is 5.78 Å². The maximum absolute atomic E-state index is 11.2. The topological polar surface area (TPSA) is 52.3 Å². The highest BCUT2D eigenvalue weighted by Crippen LogP contribution is 2.22. The van der Waals surface area contributed by atoms with E-state index in [1.165, 1.54) is 0 Å². The predicted octanol–water partition coefficient (Wildman–Crippen LogP) is 1.75. The summed E-state index contributed by atoms with van der Waals surface area (Å²) in [5.41, 5.74) is 4.84. The third-order valence-corrected chi connectivity index (χ3v) is 2.52. The molecule has 3 heteroatoms. The molecule has 0 saturated carbocycles. The molecule has 0 atom stereocenters. The molecule has 0 bridgehead atoms. The Balaban J connectivity index is 4.10. The van der Waals surface area contributed by atoms with Crippen LogP contribution in [0, 0.1) is 5.41 Å². The lowest BCUT2D eigenvalue weighted by Gasteiger charge is -2.30. The minimum atomic E-state index is -0.397. The molecular weight excluding hydrogens is 178 g/mol. The van der Waals surface area contributed by atoms with E-state index < -0.39 is 5.41 Å². The lowest BCUT2D eigenvalue weighted by Crippen LogP contribution is -2.35. The van der Waals surface area contributed by atoms with Gasteiger partial charge < -0.3 is 10.5 Å². The summed E-state index contributed by atoms with van der Waals surface area (Å²) >= 11 is 0. The number of carbonyl (C=O) groups excluding carboxylic acids is 1. The van der Waals surface area contributed by atoms with Crippen molar-refractivity contribution in [1.29, 1.82) is 0 Å².